The lowest BCUT2D eigenvalue weighted by Gasteiger charge is -2.25. The second-order valence-corrected chi connectivity index (χ2v) is 8.20. The van der Waals surface area contributed by atoms with Crippen molar-refractivity contribution in [2.24, 2.45) is 11.5 Å². The Kier molecular flexibility index (Phi) is 5.92. The van der Waals surface area contributed by atoms with E-state index in [4.69, 9.17) is 25.7 Å². The van der Waals surface area contributed by atoms with Crippen LogP contribution in [0.25, 0.3) is 22.0 Å². The number of aromatic nitrogens is 2. The number of amides is 1. The van der Waals surface area contributed by atoms with Gasteiger partial charge in [-0.3, -0.25) is 9.89 Å². The number of nitrogens with zero attached hydrogens (tertiary/aromatic N) is 2. The van der Waals surface area contributed by atoms with Gasteiger partial charge in [-0.1, -0.05) is 42.5 Å². The third kappa shape index (κ3) is 4.05. The number of fused-ring (bicyclic) bond motifs is 2. The van der Waals surface area contributed by atoms with E-state index in [1.165, 1.54) is 0 Å². The first kappa shape index (κ1) is 22.8. The average Bonchev–Trinajstić information content (AvgIpc) is 3.30. The van der Waals surface area contributed by atoms with Crippen molar-refractivity contribution in [2.75, 3.05) is 13.2 Å². The molecule has 0 bridgehead atoms. The summed E-state index contributed by atoms with van der Waals surface area (Å²) in [5, 5.41) is 19.6. The molecule has 2 heterocycles. The van der Waals surface area contributed by atoms with Gasteiger partial charge in [-0.25, -0.2) is 0 Å². The summed E-state index contributed by atoms with van der Waals surface area (Å²) in [4.78, 5) is 11.2. The van der Waals surface area contributed by atoms with E-state index in [-0.39, 0.29) is 18.1 Å². The molecule has 0 aliphatic carbocycles. The zero-order chi connectivity index (χ0) is 25.2. The quantitative estimate of drug-likeness (QED) is 0.364. The standard InChI is InChI=1S/C27H23N5O4/c1-2-34-21-12-17(9-10-20(21)35-14-22(29)33)23-19(13-28)26(30)36-27-24(23)25(31-32-27)18-8-7-15-5-3-4-6-16(15)11-18/h3-12,23H,2,14,30H2,1H3,(H2,29,33)(H,31,32). The molecule has 1 amide bonds. The van der Waals surface area contributed by atoms with Gasteiger partial charge >= 0.3 is 0 Å². The number of ether oxygens (including phenoxy) is 3. The van der Waals surface area contributed by atoms with Crippen molar-refractivity contribution in [1.29, 1.82) is 5.26 Å². The van der Waals surface area contributed by atoms with Crippen LogP contribution < -0.4 is 25.7 Å². The molecular weight excluding hydrogens is 458 g/mol. The average molecular weight is 482 g/mol. The predicted molar refractivity (Wildman–Crippen MR) is 133 cm³/mol. The second kappa shape index (κ2) is 9.35. The summed E-state index contributed by atoms with van der Waals surface area (Å²) < 4.78 is 17.0. The molecule has 0 saturated carbocycles. The fourth-order valence-electron chi connectivity index (χ4n) is 4.38. The Morgan fingerprint density at radius 2 is 1.92 bits per heavy atom. The fourth-order valence-corrected chi connectivity index (χ4v) is 4.38. The number of benzene rings is 3. The van der Waals surface area contributed by atoms with Gasteiger partial charge in [0.15, 0.2) is 18.1 Å². The zero-order valence-electron chi connectivity index (χ0n) is 19.4. The highest BCUT2D eigenvalue weighted by atomic mass is 16.5. The number of carbonyl (C=O) groups is 1. The van der Waals surface area contributed by atoms with Crippen LogP contribution in [0.5, 0.6) is 17.4 Å². The fraction of sp³-hybridized carbons (Fsp3) is 0.148. The molecule has 5 N–H and O–H groups in total. The summed E-state index contributed by atoms with van der Waals surface area (Å²) in [5.74, 6) is -0.120. The highest BCUT2D eigenvalue weighted by Crippen LogP contribution is 2.47. The van der Waals surface area contributed by atoms with Gasteiger partial charge in [0.25, 0.3) is 5.91 Å². The molecule has 1 aromatic heterocycles. The van der Waals surface area contributed by atoms with Gasteiger partial charge in [-0.05, 0) is 41.5 Å². The number of aromatic amines is 1. The smallest absolute Gasteiger partial charge is 0.255 e. The van der Waals surface area contributed by atoms with Crippen molar-refractivity contribution >= 4 is 16.7 Å². The Morgan fingerprint density at radius 1 is 1.11 bits per heavy atom. The summed E-state index contributed by atoms with van der Waals surface area (Å²) in [7, 11) is 0. The molecule has 0 saturated heterocycles. The van der Waals surface area contributed by atoms with Gasteiger partial charge in [0, 0.05) is 5.56 Å². The van der Waals surface area contributed by atoms with E-state index < -0.39 is 11.8 Å². The maximum Gasteiger partial charge on any atom is 0.255 e. The van der Waals surface area contributed by atoms with E-state index in [0.717, 1.165) is 21.9 Å². The first-order chi connectivity index (χ1) is 17.5. The molecule has 1 aliphatic heterocycles. The van der Waals surface area contributed by atoms with Crippen molar-refractivity contribution in [3.8, 4) is 34.7 Å². The molecular formula is C27H23N5O4. The van der Waals surface area contributed by atoms with E-state index in [1.807, 2.05) is 43.3 Å². The topological polar surface area (TPSA) is 149 Å². The van der Waals surface area contributed by atoms with E-state index in [9.17, 15) is 10.1 Å². The number of rotatable bonds is 7. The maximum atomic E-state index is 11.2. The Balaban J connectivity index is 1.65. The number of carbonyl (C=O) groups excluding carboxylic acids is 1. The van der Waals surface area contributed by atoms with E-state index in [0.29, 0.717) is 35.2 Å². The number of nitrogens with one attached hydrogen (secondary N) is 1. The number of hydrogen-bond acceptors (Lipinski definition) is 7. The summed E-state index contributed by atoms with van der Waals surface area (Å²) in [6.07, 6.45) is 0. The van der Waals surface area contributed by atoms with Crippen LogP contribution in [0.4, 0.5) is 0 Å². The normalized spacial score (nSPS) is 14.6. The minimum Gasteiger partial charge on any atom is -0.490 e. The molecule has 0 spiro atoms. The largest absolute Gasteiger partial charge is 0.490 e. The van der Waals surface area contributed by atoms with Crippen molar-refractivity contribution in [1.82, 2.24) is 10.2 Å². The molecule has 0 fully saturated rings. The zero-order valence-corrected chi connectivity index (χ0v) is 19.4. The Bertz CT molecular complexity index is 1550. The molecule has 180 valence electrons. The van der Waals surface area contributed by atoms with Gasteiger partial charge in [0.2, 0.25) is 11.8 Å². The van der Waals surface area contributed by atoms with Crippen LogP contribution in [-0.2, 0) is 4.79 Å². The molecule has 4 aromatic rings. The van der Waals surface area contributed by atoms with Crippen molar-refractivity contribution in [3.05, 3.63) is 83.2 Å². The first-order valence-corrected chi connectivity index (χ1v) is 11.3. The molecule has 0 radical (unpaired) electrons. The molecule has 9 heteroatoms. The molecule has 3 aromatic carbocycles. The number of H-pyrrole nitrogens is 1. The maximum absolute atomic E-state index is 11.2. The molecule has 1 aliphatic rings. The number of hydrogen-bond donors (Lipinski definition) is 3. The SMILES string of the molecule is CCOc1cc(C2C(C#N)=C(N)Oc3n[nH]c(-c4ccc5ccccc5c4)c32)ccc1OCC(N)=O. The van der Waals surface area contributed by atoms with Gasteiger partial charge < -0.3 is 25.7 Å². The van der Waals surface area contributed by atoms with Crippen molar-refractivity contribution in [3.63, 3.8) is 0 Å². The van der Waals surface area contributed by atoms with Crippen LogP contribution >= 0.6 is 0 Å². The van der Waals surface area contributed by atoms with Crippen LogP contribution in [0.2, 0.25) is 0 Å². The number of nitriles is 1. The Morgan fingerprint density at radius 3 is 2.67 bits per heavy atom. The number of allylic oxidation sites excluding steroid dienone is 1. The monoisotopic (exact) mass is 481 g/mol. The van der Waals surface area contributed by atoms with Crippen LogP contribution in [-0.4, -0.2) is 29.3 Å². The number of primary amides is 1. The van der Waals surface area contributed by atoms with Gasteiger partial charge in [-0.15, -0.1) is 5.10 Å². The Hall–Kier alpha value is -4.97. The minimum absolute atomic E-state index is 0.0152. The molecule has 9 nitrogen and oxygen atoms in total. The van der Waals surface area contributed by atoms with E-state index in [2.05, 4.69) is 22.3 Å². The molecule has 5 rings (SSSR count). The number of nitrogens with two attached hydrogens (primary N) is 2. The molecule has 1 unspecified atom stereocenters. The summed E-state index contributed by atoms with van der Waals surface area (Å²) >= 11 is 0. The van der Waals surface area contributed by atoms with Crippen molar-refractivity contribution < 1.29 is 19.0 Å². The van der Waals surface area contributed by atoms with Crippen LogP contribution in [0, 0.1) is 11.3 Å². The second-order valence-electron chi connectivity index (χ2n) is 8.20. The van der Waals surface area contributed by atoms with Crippen LogP contribution in [0.1, 0.15) is 24.0 Å². The van der Waals surface area contributed by atoms with Crippen LogP contribution in [0.3, 0.4) is 0 Å². The summed E-state index contributed by atoms with van der Waals surface area (Å²) in [6.45, 7) is 1.92. The Labute approximate surface area is 206 Å². The van der Waals surface area contributed by atoms with Crippen molar-refractivity contribution in [2.45, 2.75) is 12.8 Å². The van der Waals surface area contributed by atoms with Gasteiger partial charge in [0.1, 0.15) is 11.6 Å². The van der Waals surface area contributed by atoms with E-state index >= 15 is 0 Å². The third-order valence-corrected chi connectivity index (χ3v) is 5.95. The third-order valence-electron chi connectivity index (χ3n) is 5.95. The molecule has 36 heavy (non-hydrogen) atoms. The van der Waals surface area contributed by atoms with Gasteiger partial charge in [-0.2, -0.15) is 5.26 Å². The minimum atomic E-state index is -0.600. The van der Waals surface area contributed by atoms with Crippen LogP contribution in [0.15, 0.2) is 72.1 Å². The highest BCUT2D eigenvalue weighted by molar-refractivity contribution is 5.87. The summed E-state index contributed by atoms with van der Waals surface area (Å²) in [5.41, 5.74) is 14.6. The first-order valence-electron chi connectivity index (χ1n) is 11.3. The van der Waals surface area contributed by atoms with Gasteiger partial charge in [0.05, 0.1) is 23.8 Å². The lowest BCUT2D eigenvalue weighted by Crippen LogP contribution is -2.21. The summed E-state index contributed by atoms with van der Waals surface area (Å²) in [6, 6.07) is 21.6. The molecule has 1 atom stereocenters. The van der Waals surface area contributed by atoms with E-state index in [1.54, 1.807) is 18.2 Å². The lowest BCUT2D eigenvalue weighted by molar-refractivity contribution is -0.119. The lowest BCUT2D eigenvalue weighted by atomic mass is 9.82. The highest BCUT2D eigenvalue weighted by Gasteiger charge is 2.36. The predicted octanol–water partition coefficient (Wildman–Crippen LogP) is 3.71.